The molecular weight excluding hydrogens is 336 g/mol. The molecule has 0 bridgehead atoms. The molecule has 3 nitrogen and oxygen atoms in total. The molecule has 5 heteroatoms. The van der Waals surface area contributed by atoms with Crippen LogP contribution >= 0.6 is 30.5 Å². The van der Waals surface area contributed by atoms with E-state index in [0.717, 1.165) is 17.4 Å². The molecule has 0 atom stereocenters. The predicted molar refractivity (Wildman–Crippen MR) is 81.1 cm³/mol. The third-order valence-electron chi connectivity index (χ3n) is 2.51. The minimum atomic E-state index is -3.06. The molecule has 0 spiro atoms. The molecule has 0 saturated heterocycles. The fraction of sp³-hybridized carbons (Fsp3) is 1.00. The normalized spacial score (nSPS) is 14.6. The van der Waals surface area contributed by atoms with Crippen molar-refractivity contribution in [2.75, 3.05) is 11.0 Å². The molecule has 0 aliphatic carbocycles. The van der Waals surface area contributed by atoms with Crippen LogP contribution in [0.4, 0.5) is 0 Å². The zero-order valence-corrected chi connectivity index (χ0v) is 14.3. The number of halogens is 1. The summed E-state index contributed by atoms with van der Waals surface area (Å²) in [5.41, 5.74) is -0.212. The van der Waals surface area contributed by atoms with Crippen molar-refractivity contribution in [3.05, 3.63) is 0 Å². The number of hydrogen-bond donors (Lipinski definition) is 2. The number of nitrogens with zero attached hydrogens (tertiary/aromatic N) is 1. The fourth-order valence-corrected chi connectivity index (χ4v) is 3.79. The van der Waals surface area contributed by atoms with Crippen LogP contribution in [-0.4, -0.2) is 36.1 Å². The average molecular weight is 362 g/mol. The second-order valence-electron chi connectivity index (χ2n) is 6.08. The van der Waals surface area contributed by atoms with Gasteiger partial charge in [0.25, 0.3) is 0 Å². The lowest BCUT2D eigenvalue weighted by molar-refractivity contribution is 0.190. The molecule has 0 radical (unpaired) electrons. The van der Waals surface area contributed by atoms with E-state index >= 15 is 0 Å². The van der Waals surface area contributed by atoms with Crippen molar-refractivity contribution in [2.24, 2.45) is 0 Å². The molecule has 0 amide bonds. The van der Waals surface area contributed by atoms with E-state index in [0.29, 0.717) is 0 Å². The maximum Gasteiger partial charge on any atom is 0.348 e. The Morgan fingerprint density at radius 2 is 1.50 bits per heavy atom. The topological polar surface area (TPSA) is 43.7 Å². The summed E-state index contributed by atoms with van der Waals surface area (Å²) >= 11 is 2.32. The van der Waals surface area contributed by atoms with Gasteiger partial charge in [-0.05, 0) is 48.0 Å². The van der Waals surface area contributed by atoms with Crippen molar-refractivity contribution in [3.8, 4) is 0 Å². The minimum absolute atomic E-state index is 0.212. The highest BCUT2D eigenvalue weighted by Crippen LogP contribution is 2.66. The van der Waals surface area contributed by atoms with Crippen LogP contribution in [0.1, 0.15) is 48.0 Å². The van der Waals surface area contributed by atoms with Crippen LogP contribution in [0.25, 0.3) is 0 Å². The number of alkyl halides is 1. The van der Waals surface area contributed by atoms with Crippen LogP contribution in [0.5, 0.6) is 0 Å². The molecule has 0 aromatic rings. The summed E-state index contributed by atoms with van der Waals surface area (Å²) in [4.78, 5) is 20.9. The largest absolute Gasteiger partial charge is 0.348 e. The summed E-state index contributed by atoms with van der Waals surface area (Å²) in [5, 5.41) is -0.481. The van der Waals surface area contributed by atoms with Crippen LogP contribution in [0.15, 0.2) is 0 Å². The van der Waals surface area contributed by atoms with Gasteiger partial charge in [0.2, 0.25) is 0 Å². The molecule has 98 valence electrons. The van der Waals surface area contributed by atoms with Crippen molar-refractivity contribution in [2.45, 2.75) is 58.7 Å². The molecule has 0 rings (SSSR count). The molecule has 0 aromatic heterocycles. The summed E-state index contributed by atoms with van der Waals surface area (Å²) in [6.07, 6.45) is 0.983. The van der Waals surface area contributed by atoms with E-state index in [2.05, 4.69) is 22.6 Å². The van der Waals surface area contributed by atoms with Crippen LogP contribution in [0, 0.1) is 0 Å². The van der Waals surface area contributed by atoms with Crippen molar-refractivity contribution in [3.63, 3.8) is 0 Å². The second-order valence-corrected chi connectivity index (χ2v) is 10.1. The van der Waals surface area contributed by atoms with E-state index in [1.807, 2.05) is 46.2 Å². The van der Waals surface area contributed by atoms with Gasteiger partial charge in [0.1, 0.15) is 5.16 Å². The molecule has 0 saturated carbocycles. The zero-order chi connectivity index (χ0) is 13.2. The van der Waals surface area contributed by atoms with Crippen molar-refractivity contribution < 1.29 is 9.79 Å². The van der Waals surface area contributed by atoms with Gasteiger partial charge in [-0.15, -0.1) is 4.67 Å². The highest BCUT2D eigenvalue weighted by molar-refractivity contribution is 14.1. The molecule has 0 aliphatic heterocycles. The van der Waals surface area contributed by atoms with E-state index in [-0.39, 0.29) is 5.54 Å². The quantitative estimate of drug-likeness (QED) is 0.457. The van der Waals surface area contributed by atoms with Gasteiger partial charge < -0.3 is 0 Å². The summed E-state index contributed by atoms with van der Waals surface area (Å²) in [6.45, 7) is 12.5. The number of rotatable bonds is 4. The molecule has 2 N–H and O–H groups in total. The zero-order valence-electron chi connectivity index (χ0n) is 11.3. The van der Waals surface area contributed by atoms with Gasteiger partial charge in [-0.3, -0.25) is 0 Å². The van der Waals surface area contributed by atoms with Crippen LogP contribution in [0.3, 0.4) is 0 Å². The molecular formula is C11H26INO2P+. The molecule has 0 aromatic carbocycles. The summed E-state index contributed by atoms with van der Waals surface area (Å²) < 4.78 is 2.92. The summed E-state index contributed by atoms with van der Waals surface area (Å²) in [5.74, 6) is 0. The first kappa shape index (κ1) is 17.0. The first-order valence-electron chi connectivity index (χ1n) is 5.63. The Labute approximate surface area is 114 Å². The van der Waals surface area contributed by atoms with Gasteiger partial charge in [0, 0.05) is 11.0 Å². The Hall–Kier alpha value is 1.04. The minimum Gasteiger partial charge on any atom is -0.201 e. The van der Waals surface area contributed by atoms with Gasteiger partial charge in [-0.25, -0.2) is 9.79 Å². The maximum absolute atomic E-state index is 10.5. The first-order chi connectivity index (χ1) is 6.94. The number of hydrogen-bond acceptors (Lipinski definition) is 3. The Bertz CT molecular complexity index is 221. The van der Waals surface area contributed by atoms with Gasteiger partial charge >= 0.3 is 7.87 Å². The van der Waals surface area contributed by atoms with E-state index in [1.54, 1.807) is 0 Å². The fourth-order valence-electron chi connectivity index (χ4n) is 1.46. The third kappa shape index (κ3) is 4.37. The van der Waals surface area contributed by atoms with E-state index < -0.39 is 13.0 Å². The standard InChI is InChI=1S/C11H26INO2P/c1-10(2,3)13(9-7-8-12)16(14,15)11(4,5)6/h14-15H,7-9H2,1-6H3/q+1. The van der Waals surface area contributed by atoms with Crippen LogP contribution < -0.4 is 0 Å². The van der Waals surface area contributed by atoms with Crippen molar-refractivity contribution in [1.29, 1.82) is 0 Å². The van der Waals surface area contributed by atoms with Crippen molar-refractivity contribution >= 4 is 30.5 Å². The van der Waals surface area contributed by atoms with Crippen LogP contribution in [0.2, 0.25) is 0 Å². The Morgan fingerprint density at radius 1 is 1.06 bits per heavy atom. The highest BCUT2D eigenvalue weighted by atomic mass is 127. The molecule has 0 fully saturated rings. The molecule has 0 heterocycles. The molecule has 16 heavy (non-hydrogen) atoms. The summed E-state index contributed by atoms with van der Waals surface area (Å²) in [6, 6.07) is 0. The lowest BCUT2D eigenvalue weighted by Crippen LogP contribution is -2.46. The van der Waals surface area contributed by atoms with Gasteiger partial charge in [0.15, 0.2) is 0 Å². The molecule has 0 aliphatic rings. The first-order valence-corrected chi connectivity index (χ1v) is 8.80. The summed E-state index contributed by atoms with van der Waals surface area (Å²) in [7, 11) is -3.06. The Balaban J connectivity index is 5.03. The maximum atomic E-state index is 10.5. The van der Waals surface area contributed by atoms with Gasteiger partial charge in [-0.2, -0.15) is 0 Å². The monoisotopic (exact) mass is 362 g/mol. The van der Waals surface area contributed by atoms with Crippen molar-refractivity contribution in [1.82, 2.24) is 4.67 Å². The Morgan fingerprint density at radius 3 is 1.75 bits per heavy atom. The van der Waals surface area contributed by atoms with E-state index in [1.165, 1.54) is 0 Å². The van der Waals surface area contributed by atoms with Gasteiger partial charge in [-0.1, -0.05) is 22.6 Å². The highest BCUT2D eigenvalue weighted by Gasteiger charge is 2.57. The lowest BCUT2D eigenvalue weighted by Gasteiger charge is -2.41. The smallest absolute Gasteiger partial charge is 0.201 e. The van der Waals surface area contributed by atoms with E-state index in [4.69, 9.17) is 0 Å². The average Bonchev–Trinajstić information content (AvgIpc) is 1.99. The third-order valence-corrected chi connectivity index (χ3v) is 6.55. The predicted octanol–water partition coefficient (Wildman–Crippen LogP) is 3.46. The second kappa shape index (κ2) is 5.79. The van der Waals surface area contributed by atoms with Gasteiger partial charge in [0.05, 0.1) is 5.54 Å². The molecule has 0 unspecified atom stereocenters. The Kier molecular flexibility index (Phi) is 6.16. The lowest BCUT2D eigenvalue weighted by atomic mass is 10.1. The van der Waals surface area contributed by atoms with Crippen LogP contribution in [-0.2, 0) is 0 Å². The SMILES string of the molecule is CC(C)(C)N(CCCI)[P+](O)(O)C(C)(C)C. The van der Waals surface area contributed by atoms with E-state index in [9.17, 15) is 9.79 Å².